The number of anilines is 1. The van der Waals surface area contributed by atoms with Crippen LogP contribution in [0, 0.1) is 0 Å². The van der Waals surface area contributed by atoms with Gasteiger partial charge >= 0.3 is 0 Å². The van der Waals surface area contributed by atoms with Gasteiger partial charge in [0.1, 0.15) is 0 Å². The van der Waals surface area contributed by atoms with Crippen LogP contribution >= 0.6 is 0 Å². The Morgan fingerprint density at radius 2 is 2.29 bits per heavy atom. The lowest BCUT2D eigenvalue weighted by molar-refractivity contribution is 0.102. The fraction of sp³-hybridized carbons (Fsp3) is 0.444. The molecule has 6 heteroatoms. The van der Waals surface area contributed by atoms with Crippen LogP contribution in [0.2, 0.25) is 0 Å². The van der Waals surface area contributed by atoms with Crippen molar-refractivity contribution < 1.29 is 4.79 Å². The Labute approximate surface area is 141 Å². The minimum Gasteiger partial charge on any atom is -0.322 e. The maximum absolute atomic E-state index is 12.7. The monoisotopic (exact) mass is 325 g/mol. The fourth-order valence-electron chi connectivity index (χ4n) is 3.64. The molecule has 1 aromatic heterocycles. The number of amides is 1. The zero-order valence-corrected chi connectivity index (χ0v) is 14.0. The number of carbonyl (C=O) groups excluding carboxylic acids is 1. The van der Waals surface area contributed by atoms with Crippen molar-refractivity contribution in [1.29, 1.82) is 0 Å². The molecule has 0 unspecified atom stereocenters. The van der Waals surface area contributed by atoms with Crippen molar-refractivity contribution in [2.75, 3.05) is 18.4 Å². The van der Waals surface area contributed by atoms with E-state index >= 15 is 0 Å². The molecule has 2 aromatic rings. The zero-order valence-electron chi connectivity index (χ0n) is 14.0. The van der Waals surface area contributed by atoms with Crippen molar-refractivity contribution in [1.82, 2.24) is 20.0 Å². The normalized spacial score (nSPS) is 16.7. The highest BCUT2D eigenvalue weighted by Gasteiger charge is 2.24. The highest BCUT2D eigenvalue weighted by molar-refractivity contribution is 6.05. The summed E-state index contributed by atoms with van der Waals surface area (Å²) in [6, 6.07) is 6.19. The van der Waals surface area contributed by atoms with Crippen LogP contribution in [-0.4, -0.2) is 33.7 Å². The van der Waals surface area contributed by atoms with Crippen molar-refractivity contribution in [3.63, 3.8) is 0 Å². The Kier molecular flexibility index (Phi) is 4.08. The average Bonchev–Trinajstić information content (AvgIpc) is 3.19. The van der Waals surface area contributed by atoms with E-state index in [0.717, 1.165) is 50.5 Å². The van der Waals surface area contributed by atoms with Gasteiger partial charge in [-0.3, -0.25) is 14.4 Å². The first-order valence-corrected chi connectivity index (χ1v) is 8.66. The number of fused-ring (bicyclic) bond motifs is 2. The van der Waals surface area contributed by atoms with Gasteiger partial charge in [-0.1, -0.05) is 19.1 Å². The summed E-state index contributed by atoms with van der Waals surface area (Å²) in [7, 11) is 0. The van der Waals surface area contributed by atoms with Crippen LogP contribution in [0.5, 0.6) is 0 Å². The van der Waals surface area contributed by atoms with E-state index in [1.54, 1.807) is 6.20 Å². The number of carbonyl (C=O) groups is 1. The van der Waals surface area contributed by atoms with Gasteiger partial charge in [-0.15, -0.1) is 0 Å². The lowest BCUT2D eigenvalue weighted by Crippen LogP contribution is -2.30. The summed E-state index contributed by atoms with van der Waals surface area (Å²) >= 11 is 0. The molecule has 6 nitrogen and oxygen atoms in total. The molecule has 0 radical (unpaired) electrons. The van der Waals surface area contributed by atoms with Gasteiger partial charge in [-0.05, 0) is 30.2 Å². The van der Waals surface area contributed by atoms with Crippen LogP contribution < -0.4 is 10.6 Å². The summed E-state index contributed by atoms with van der Waals surface area (Å²) in [5.74, 6) is -0.0673. The van der Waals surface area contributed by atoms with E-state index in [4.69, 9.17) is 0 Å². The highest BCUT2D eigenvalue weighted by Crippen LogP contribution is 2.29. The van der Waals surface area contributed by atoms with Crippen molar-refractivity contribution >= 4 is 11.6 Å². The van der Waals surface area contributed by atoms with Crippen molar-refractivity contribution in [3.8, 4) is 0 Å². The van der Waals surface area contributed by atoms with Crippen LogP contribution in [0.4, 0.5) is 5.69 Å². The van der Waals surface area contributed by atoms with E-state index < -0.39 is 0 Å². The van der Waals surface area contributed by atoms with Crippen LogP contribution in [0.1, 0.15) is 40.5 Å². The topological polar surface area (TPSA) is 62.2 Å². The number of nitrogens with one attached hydrogen (secondary N) is 2. The van der Waals surface area contributed by atoms with Gasteiger partial charge in [-0.25, -0.2) is 0 Å². The van der Waals surface area contributed by atoms with Gasteiger partial charge < -0.3 is 10.6 Å². The molecule has 0 atom stereocenters. The summed E-state index contributed by atoms with van der Waals surface area (Å²) < 4.78 is 1.92. The number of hydrogen-bond acceptors (Lipinski definition) is 4. The maximum Gasteiger partial charge on any atom is 0.259 e. The van der Waals surface area contributed by atoms with Crippen molar-refractivity contribution in [2.45, 2.75) is 39.5 Å². The number of aromatic nitrogens is 2. The minimum atomic E-state index is -0.0673. The summed E-state index contributed by atoms with van der Waals surface area (Å²) in [6.07, 6.45) is 2.83. The van der Waals surface area contributed by atoms with Gasteiger partial charge in [0.15, 0.2) is 0 Å². The highest BCUT2D eigenvalue weighted by atomic mass is 16.1. The second-order valence-corrected chi connectivity index (χ2v) is 6.51. The lowest BCUT2D eigenvalue weighted by Gasteiger charge is -2.16. The third kappa shape index (κ3) is 2.72. The molecule has 0 bridgehead atoms. The molecular weight excluding hydrogens is 302 g/mol. The summed E-state index contributed by atoms with van der Waals surface area (Å²) in [4.78, 5) is 15.2. The van der Waals surface area contributed by atoms with E-state index in [0.29, 0.717) is 12.1 Å². The summed E-state index contributed by atoms with van der Waals surface area (Å²) in [5, 5.41) is 10.7. The van der Waals surface area contributed by atoms with E-state index in [9.17, 15) is 4.79 Å². The van der Waals surface area contributed by atoms with Gasteiger partial charge in [0.25, 0.3) is 5.91 Å². The molecule has 0 saturated carbocycles. The molecule has 126 valence electrons. The molecule has 3 heterocycles. The molecule has 4 rings (SSSR count). The number of hydrogen-bond donors (Lipinski definition) is 2. The second-order valence-electron chi connectivity index (χ2n) is 6.51. The van der Waals surface area contributed by atoms with Crippen LogP contribution in [0.3, 0.4) is 0 Å². The molecule has 1 aromatic carbocycles. The first-order valence-electron chi connectivity index (χ1n) is 8.66. The Balaban J connectivity index is 1.56. The lowest BCUT2D eigenvalue weighted by atomic mass is 10.1. The maximum atomic E-state index is 12.7. The molecule has 0 saturated heterocycles. The first-order chi connectivity index (χ1) is 11.8. The van der Waals surface area contributed by atoms with Crippen molar-refractivity contribution in [3.05, 3.63) is 46.8 Å². The Morgan fingerprint density at radius 1 is 1.38 bits per heavy atom. The molecule has 24 heavy (non-hydrogen) atoms. The van der Waals surface area contributed by atoms with E-state index in [-0.39, 0.29) is 5.91 Å². The summed E-state index contributed by atoms with van der Waals surface area (Å²) in [6.45, 7) is 7.57. The molecule has 1 amide bonds. The largest absolute Gasteiger partial charge is 0.322 e. The van der Waals surface area contributed by atoms with E-state index in [1.165, 1.54) is 11.1 Å². The smallest absolute Gasteiger partial charge is 0.259 e. The molecule has 0 spiro atoms. The van der Waals surface area contributed by atoms with E-state index in [2.05, 4.69) is 33.6 Å². The molecule has 2 aliphatic heterocycles. The molecule has 0 aliphatic carbocycles. The van der Waals surface area contributed by atoms with Crippen LogP contribution in [0.25, 0.3) is 0 Å². The quantitative estimate of drug-likeness (QED) is 0.902. The van der Waals surface area contributed by atoms with Gasteiger partial charge in [0.05, 0.1) is 24.0 Å². The fourth-order valence-corrected chi connectivity index (χ4v) is 3.64. The third-order valence-corrected chi connectivity index (χ3v) is 4.82. The third-order valence-electron chi connectivity index (χ3n) is 4.82. The molecular formula is C18H23N5O. The molecule has 0 fully saturated rings. The van der Waals surface area contributed by atoms with E-state index in [1.807, 2.05) is 16.8 Å². The van der Waals surface area contributed by atoms with Crippen LogP contribution in [-0.2, 0) is 26.2 Å². The van der Waals surface area contributed by atoms with Gasteiger partial charge in [0.2, 0.25) is 0 Å². The molecule has 2 N–H and O–H groups in total. The Morgan fingerprint density at radius 3 is 3.17 bits per heavy atom. The predicted octanol–water partition coefficient (Wildman–Crippen LogP) is 1.96. The number of benzene rings is 1. The Bertz CT molecular complexity index is 767. The SMILES string of the molecule is CCCN1Cc2cccc(NC(=O)c3cnn4c3CNCC4)c2C1. The van der Waals surface area contributed by atoms with Crippen molar-refractivity contribution in [2.24, 2.45) is 0 Å². The van der Waals surface area contributed by atoms with Crippen LogP contribution in [0.15, 0.2) is 24.4 Å². The van der Waals surface area contributed by atoms with Gasteiger partial charge in [-0.2, -0.15) is 5.10 Å². The Hall–Kier alpha value is -2.18. The number of nitrogens with zero attached hydrogens (tertiary/aromatic N) is 3. The second kappa shape index (κ2) is 6.37. The van der Waals surface area contributed by atoms with Gasteiger partial charge in [0, 0.05) is 31.9 Å². The average molecular weight is 325 g/mol. The zero-order chi connectivity index (χ0) is 16.5. The standard InChI is InChI=1S/C18H23N5O/c1-2-7-22-11-13-4-3-5-16(15(13)12-22)21-18(24)14-9-20-23-8-6-19-10-17(14)23/h3-5,9,19H,2,6-8,10-12H2,1H3,(H,21,24). The number of rotatable bonds is 4. The predicted molar refractivity (Wildman–Crippen MR) is 92.7 cm³/mol. The summed E-state index contributed by atoms with van der Waals surface area (Å²) in [5.41, 5.74) is 5.14. The minimum absolute atomic E-state index is 0.0673. The molecule has 2 aliphatic rings. The first kappa shape index (κ1) is 15.4.